The van der Waals surface area contributed by atoms with Gasteiger partial charge in [0.15, 0.2) is 5.76 Å². The maximum absolute atomic E-state index is 11.4. The molecule has 0 saturated carbocycles. The van der Waals surface area contributed by atoms with Crippen LogP contribution >= 0.6 is 0 Å². The van der Waals surface area contributed by atoms with Gasteiger partial charge in [-0.2, -0.15) is 0 Å². The van der Waals surface area contributed by atoms with Crippen molar-refractivity contribution >= 4 is 11.7 Å². The van der Waals surface area contributed by atoms with Gasteiger partial charge >= 0.3 is 5.97 Å². The molecule has 2 aromatic rings. The highest BCUT2D eigenvalue weighted by molar-refractivity contribution is 5.90. The Kier molecular flexibility index (Phi) is 2.40. The van der Waals surface area contributed by atoms with Crippen LogP contribution in [-0.4, -0.2) is 22.8 Å². The molecule has 0 atom stereocenters. The van der Waals surface area contributed by atoms with E-state index in [0.29, 0.717) is 22.7 Å². The van der Waals surface area contributed by atoms with E-state index >= 15 is 0 Å². The number of carbonyl (C=O) groups is 1. The maximum Gasteiger partial charge on any atom is 0.354 e. The van der Waals surface area contributed by atoms with E-state index in [1.54, 1.807) is 23.9 Å². The van der Waals surface area contributed by atoms with Crippen molar-refractivity contribution in [3.05, 3.63) is 24.2 Å². The third-order valence-corrected chi connectivity index (χ3v) is 2.26. The van der Waals surface area contributed by atoms with Crippen molar-refractivity contribution in [1.82, 2.24) is 9.72 Å². The summed E-state index contributed by atoms with van der Waals surface area (Å²) < 4.78 is 11.3. The minimum Gasteiger partial charge on any atom is -0.464 e. The first kappa shape index (κ1) is 10.3. The van der Waals surface area contributed by atoms with Crippen molar-refractivity contribution in [2.24, 2.45) is 7.05 Å². The van der Waals surface area contributed by atoms with E-state index < -0.39 is 5.97 Å². The lowest BCUT2D eigenvalue weighted by Gasteiger charge is -1.98. The van der Waals surface area contributed by atoms with Crippen LogP contribution in [0.3, 0.4) is 0 Å². The molecule has 16 heavy (non-hydrogen) atoms. The normalized spacial score (nSPS) is 10.4. The van der Waals surface area contributed by atoms with E-state index in [9.17, 15) is 4.79 Å². The Hall–Kier alpha value is -2.24. The standard InChI is InChI=1S/C10H11N3O3/c1-13-5-6(3-8(13)10(14)15-2)9-7(11)4-12-16-9/h3-5H,11H2,1-2H3. The van der Waals surface area contributed by atoms with Gasteiger partial charge in [0.2, 0.25) is 0 Å². The van der Waals surface area contributed by atoms with Gasteiger partial charge in [-0.25, -0.2) is 4.79 Å². The van der Waals surface area contributed by atoms with E-state index in [0.717, 1.165) is 0 Å². The number of carbonyl (C=O) groups excluding carboxylic acids is 1. The number of hydrogen-bond acceptors (Lipinski definition) is 5. The lowest BCUT2D eigenvalue weighted by molar-refractivity contribution is 0.0590. The number of nitrogens with zero attached hydrogens (tertiary/aromatic N) is 2. The van der Waals surface area contributed by atoms with Crippen LogP contribution in [0.25, 0.3) is 11.3 Å². The Morgan fingerprint density at radius 3 is 2.94 bits per heavy atom. The number of anilines is 1. The predicted molar refractivity (Wildman–Crippen MR) is 56.7 cm³/mol. The van der Waals surface area contributed by atoms with Crippen LogP contribution < -0.4 is 5.73 Å². The number of rotatable bonds is 2. The van der Waals surface area contributed by atoms with Gasteiger partial charge in [-0.1, -0.05) is 5.16 Å². The number of nitrogen functional groups attached to an aromatic ring is 1. The summed E-state index contributed by atoms with van der Waals surface area (Å²) >= 11 is 0. The van der Waals surface area contributed by atoms with E-state index in [1.165, 1.54) is 13.3 Å². The zero-order valence-electron chi connectivity index (χ0n) is 8.93. The van der Waals surface area contributed by atoms with Crippen molar-refractivity contribution in [3.63, 3.8) is 0 Å². The summed E-state index contributed by atoms with van der Waals surface area (Å²) in [4.78, 5) is 11.4. The fourth-order valence-corrected chi connectivity index (χ4v) is 1.46. The molecule has 0 fully saturated rings. The van der Waals surface area contributed by atoms with Crippen LogP contribution in [0.1, 0.15) is 10.5 Å². The Morgan fingerprint density at radius 1 is 1.62 bits per heavy atom. The molecule has 0 aliphatic heterocycles. The van der Waals surface area contributed by atoms with Crippen molar-refractivity contribution < 1.29 is 14.1 Å². The number of methoxy groups -OCH3 is 1. The number of nitrogens with two attached hydrogens (primary N) is 1. The number of hydrogen-bond donors (Lipinski definition) is 1. The smallest absolute Gasteiger partial charge is 0.354 e. The molecule has 0 spiro atoms. The average molecular weight is 221 g/mol. The first-order valence-corrected chi connectivity index (χ1v) is 4.58. The summed E-state index contributed by atoms with van der Waals surface area (Å²) in [6, 6.07) is 1.64. The molecular weight excluding hydrogens is 210 g/mol. The summed E-state index contributed by atoms with van der Waals surface area (Å²) in [7, 11) is 3.07. The molecule has 2 N–H and O–H groups in total. The molecule has 0 aliphatic rings. The highest BCUT2D eigenvalue weighted by Gasteiger charge is 2.16. The quantitative estimate of drug-likeness (QED) is 0.766. The van der Waals surface area contributed by atoms with Gasteiger partial charge in [0.05, 0.1) is 13.3 Å². The van der Waals surface area contributed by atoms with Crippen molar-refractivity contribution in [2.75, 3.05) is 12.8 Å². The fraction of sp³-hybridized carbons (Fsp3) is 0.200. The second-order valence-electron chi connectivity index (χ2n) is 3.33. The summed E-state index contributed by atoms with van der Waals surface area (Å²) in [5, 5.41) is 3.58. The van der Waals surface area contributed by atoms with Crippen molar-refractivity contribution in [1.29, 1.82) is 0 Å². The zero-order chi connectivity index (χ0) is 11.7. The minimum absolute atomic E-state index is 0.410. The van der Waals surface area contributed by atoms with Crippen LogP contribution in [0, 0.1) is 0 Å². The molecular formula is C10H11N3O3. The van der Waals surface area contributed by atoms with Gasteiger partial charge in [-0.3, -0.25) is 0 Å². The summed E-state index contributed by atoms with van der Waals surface area (Å²) in [5.74, 6) is 0.0394. The first-order chi connectivity index (χ1) is 7.63. The van der Waals surface area contributed by atoms with Gasteiger partial charge in [-0.05, 0) is 6.07 Å². The fourth-order valence-electron chi connectivity index (χ4n) is 1.46. The molecule has 2 rings (SSSR count). The van der Waals surface area contributed by atoms with Crippen LogP contribution in [-0.2, 0) is 11.8 Å². The van der Waals surface area contributed by atoms with Gasteiger partial charge in [0.25, 0.3) is 0 Å². The third kappa shape index (κ3) is 1.54. The van der Waals surface area contributed by atoms with Crippen LogP contribution in [0.2, 0.25) is 0 Å². The van der Waals surface area contributed by atoms with Crippen molar-refractivity contribution in [2.45, 2.75) is 0 Å². The van der Waals surface area contributed by atoms with Gasteiger partial charge in [-0.15, -0.1) is 0 Å². The molecule has 0 bridgehead atoms. The SMILES string of the molecule is COC(=O)c1cc(-c2oncc2N)cn1C. The van der Waals surface area contributed by atoms with Crippen LogP contribution in [0.15, 0.2) is 23.0 Å². The highest BCUT2D eigenvalue weighted by atomic mass is 16.5. The average Bonchev–Trinajstić information content (AvgIpc) is 2.83. The van der Waals surface area contributed by atoms with Crippen LogP contribution in [0.5, 0.6) is 0 Å². The number of ether oxygens (including phenoxy) is 1. The lowest BCUT2D eigenvalue weighted by Crippen LogP contribution is -2.06. The zero-order valence-corrected chi connectivity index (χ0v) is 8.93. The molecule has 6 heteroatoms. The molecule has 6 nitrogen and oxygen atoms in total. The monoisotopic (exact) mass is 221 g/mol. The molecule has 2 aromatic heterocycles. The van der Waals surface area contributed by atoms with Gasteiger partial charge in [0, 0.05) is 18.8 Å². The van der Waals surface area contributed by atoms with E-state index in [1.807, 2.05) is 0 Å². The molecule has 0 unspecified atom stereocenters. The van der Waals surface area contributed by atoms with Crippen LogP contribution in [0.4, 0.5) is 5.69 Å². The van der Waals surface area contributed by atoms with Gasteiger partial charge < -0.3 is 19.6 Å². The summed E-state index contributed by atoms with van der Waals surface area (Å²) in [6.07, 6.45) is 3.14. The van der Waals surface area contributed by atoms with E-state index in [4.69, 9.17) is 10.3 Å². The third-order valence-electron chi connectivity index (χ3n) is 2.26. The van der Waals surface area contributed by atoms with Crippen molar-refractivity contribution in [3.8, 4) is 11.3 Å². The molecule has 0 radical (unpaired) electrons. The summed E-state index contributed by atoms with van der Waals surface area (Å²) in [5.41, 5.74) is 7.21. The summed E-state index contributed by atoms with van der Waals surface area (Å²) in [6.45, 7) is 0. The molecule has 0 aromatic carbocycles. The molecule has 0 amide bonds. The molecule has 84 valence electrons. The second-order valence-corrected chi connectivity index (χ2v) is 3.33. The van der Waals surface area contributed by atoms with E-state index in [2.05, 4.69) is 9.89 Å². The Morgan fingerprint density at radius 2 is 2.38 bits per heavy atom. The minimum atomic E-state index is -0.410. The predicted octanol–water partition coefficient (Wildman–Crippen LogP) is 1.05. The highest BCUT2D eigenvalue weighted by Crippen LogP contribution is 2.27. The Labute approximate surface area is 91.6 Å². The largest absolute Gasteiger partial charge is 0.464 e. The van der Waals surface area contributed by atoms with E-state index in [-0.39, 0.29) is 0 Å². The second kappa shape index (κ2) is 3.73. The number of aromatic nitrogens is 2. The Bertz CT molecular complexity index is 527. The molecule has 0 aliphatic carbocycles. The molecule has 0 saturated heterocycles. The lowest BCUT2D eigenvalue weighted by atomic mass is 10.2. The number of aryl methyl sites for hydroxylation is 1. The Balaban J connectivity index is 2.46. The topological polar surface area (TPSA) is 83.3 Å². The maximum atomic E-state index is 11.4. The van der Waals surface area contributed by atoms with Gasteiger partial charge in [0.1, 0.15) is 11.4 Å². The number of esters is 1. The first-order valence-electron chi connectivity index (χ1n) is 4.58. The molecule has 2 heterocycles.